The monoisotopic (exact) mass is 398 g/mol. The lowest BCUT2D eigenvalue weighted by Gasteiger charge is -2.10. The van der Waals surface area contributed by atoms with Crippen molar-refractivity contribution in [3.05, 3.63) is 82.1 Å². The van der Waals surface area contributed by atoms with Crippen LogP contribution < -0.4 is 16.2 Å². The zero-order valence-electron chi connectivity index (χ0n) is 15.8. The van der Waals surface area contributed by atoms with Crippen LogP contribution in [-0.2, 0) is 6.54 Å². The Kier molecular flexibility index (Phi) is 6.33. The van der Waals surface area contributed by atoms with Crippen molar-refractivity contribution in [3.8, 4) is 11.3 Å². The van der Waals surface area contributed by atoms with Crippen molar-refractivity contribution in [1.82, 2.24) is 15.1 Å². The Morgan fingerprint density at radius 2 is 1.83 bits per heavy atom. The number of aryl methyl sites for hydroxylation is 2. The van der Waals surface area contributed by atoms with Gasteiger partial charge in [0.05, 0.1) is 11.4 Å². The van der Waals surface area contributed by atoms with E-state index in [2.05, 4.69) is 15.7 Å². The van der Waals surface area contributed by atoms with Gasteiger partial charge in [-0.05, 0) is 31.5 Å². The van der Waals surface area contributed by atoms with Gasteiger partial charge in [0.15, 0.2) is 0 Å². The van der Waals surface area contributed by atoms with E-state index in [0.717, 1.165) is 29.3 Å². The molecule has 0 aliphatic heterocycles. The number of anilines is 1. The minimum Gasteiger partial charge on any atom is -0.338 e. The molecule has 1 heterocycles. The van der Waals surface area contributed by atoms with E-state index in [1.165, 1.54) is 10.7 Å². The number of carbonyl (C=O) groups excluding carboxylic acids is 1. The van der Waals surface area contributed by atoms with Crippen LogP contribution in [0.4, 0.5) is 19.3 Å². The Balaban J connectivity index is 1.54. The third-order valence-electron chi connectivity index (χ3n) is 4.22. The Bertz CT molecular complexity index is 1070. The van der Waals surface area contributed by atoms with Crippen LogP contribution in [-0.4, -0.2) is 22.4 Å². The van der Waals surface area contributed by atoms with Crippen LogP contribution in [0.25, 0.3) is 11.3 Å². The molecule has 0 unspecified atom stereocenters. The van der Waals surface area contributed by atoms with Gasteiger partial charge in [0.25, 0.3) is 5.56 Å². The number of rotatable bonds is 6. The Labute approximate surface area is 166 Å². The summed E-state index contributed by atoms with van der Waals surface area (Å²) in [6, 6.07) is 13.1. The lowest BCUT2D eigenvalue weighted by Crippen LogP contribution is -2.31. The van der Waals surface area contributed by atoms with Crippen molar-refractivity contribution in [3.63, 3.8) is 0 Å². The maximum atomic E-state index is 13.5. The molecule has 0 radical (unpaired) electrons. The van der Waals surface area contributed by atoms with Gasteiger partial charge < -0.3 is 10.6 Å². The van der Waals surface area contributed by atoms with Crippen molar-refractivity contribution >= 4 is 11.7 Å². The molecule has 29 heavy (non-hydrogen) atoms. The fourth-order valence-corrected chi connectivity index (χ4v) is 2.68. The molecule has 0 bridgehead atoms. The molecule has 2 aromatic carbocycles. The molecule has 6 nitrogen and oxygen atoms in total. The van der Waals surface area contributed by atoms with E-state index in [9.17, 15) is 18.4 Å². The second kappa shape index (κ2) is 9.09. The van der Waals surface area contributed by atoms with Gasteiger partial charge in [0.2, 0.25) is 0 Å². The molecule has 0 saturated heterocycles. The van der Waals surface area contributed by atoms with Crippen LogP contribution >= 0.6 is 0 Å². The summed E-state index contributed by atoms with van der Waals surface area (Å²) in [6.07, 6.45) is 0.434. The summed E-state index contributed by atoms with van der Waals surface area (Å²) in [5.74, 6) is -1.38. The van der Waals surface area contributed by atoms with E-state index in [1.54, 1.807) is 6.07 Å². The van der Waals surface area contributed by atoms with Gasteiger partial charge in [-0.2, -0.15) is 5.10 Å². The fourth-order valence-electron chi connectivity index (χ4n) is 2.68. The van der Waals surface area contributed by atoms with Crippen LogP contribution in [0.15, 0.2) is 59.4 Å². The summed E-state index contributed by atoms with van der Waals surface area (Å²) < 4.78 is 28.0. The van der Waals surface area contributed by atoms with E-state index in [0.29, 0.717) is 18.7 Å². The SMILES string of the molecule is Cc1ccc(-c2ccc(=O)n(CCCNC(=O)Nc3cc(F)ccc3F)n2)cc1. The first-order chi connectivity index (χ1) is 13.9. The highest BCUT2D eigenvalue weighted by Gasteiger charge is 2.08. The van der Waals surface area contributed by atoms with Crippen molar-refractivity contribution < 1.29 is 13.6 Å². The first-order valence-electron chi connectivity index (χ1n) is 9.07. The van der Waals surface area contributed by atoms with Crippen LogP contribution in [0.1, 0.15) is 12.0 Å². The van der Waals surface area contributed by atoms with E-state index < -0.39 is 17.7 Å². The second-order valence-corrected chi connectivity index (χ2v) is 6.50. The van der Waals surface area contributed by atoms with Gasteiger partial charge in [-0.15, -0.1) is 0 Å². The quantitative estimate of drug-likeness (QED) is 0.622. The minimum atomic E-state index is -0.731. The molecule has 3 rings (SSSR count). The van der Waals surface area contributed by atoms with Gasteiger partial charge >= 0.3 is 6.03 Å². The number of nitrogens with one attached hydrogen (secondary N) is 2. The Hall–Kier alpha value is -3.55. The molecular weight excluding hydrogens is 378 g/mol. The number of hydrogen-bond donors (Lipinski definition) is 2. The maximum Gasteiger partial charge on any atom is 0.319 e. The normalized spacial score (nSPS) is 10.6. The summed E-state index contributed by atoms with van der Waals surface area (Å²) in [6.45, 7) is 2.52. The summed E-state index contributed by atoms with van der Waals surface area (Å²) in [5, 5.41) is 9.15. The van der Waals surface area contributed by atoms with Crippen molar-refractivity contribution in [2.24, 2.45) is 0 Å². The predicted octanol–water partition coefficient (Wildman–Crippen LogP) is 3.71. The van der Waals surface area contributed by atoms with E-state index in [1.807, 2.05) is 31.2 Å². The molecule has 0 spiro atoms. The maximum absolute atomic E-state index is 13.5. The molecule has 0 aliphatic carbocycles. The zero-order valence-corrected chi connectivity index (χ0v) is 15.8. The summed E-state index contributed by atoms with van der Waals surface area (Å²) in [7, 11) is 0. The molecule has 0 saturated carbocycles. The first-order valence-corrected chi connectivity index (χ1v) is 9.07. The van der Waals surface area contributed by atoms with E-state index in [4.69, 9.17) is 0 Å². The number of hydrogen-bond acceptors (Lipinski definition) is 3. The fraction of sp³-hybridized carbons (Fsp3) is 0.190. The third kappa shape index (κ3) is 5.47. The van der Waals surface area contributed by atoms with Gasteiger partial charge in [-0.3, -0.25) is 4.79 Å². The first kappa shape index (κ1) is 20.2. The molecule has 0 atom stereocenters. The number of amides is 2. The molecule has 3 aromatic rings. The third-order valence-corrected chi connectivity index (χ3v) is 4.22. The van der Waals surface area contributed by atoms with Crippen LogP contribution in [0.2, 0.25) is 0 Å². The molecule has 2 N–H and O–H groups in total. The second-order valence-electron chi connectivity index (χ2n) is 6.50. The molecule has 8 heteroatoms. The minimum absolute atomic E-state index is 0.228. The molecule has 0 aliphatic rings. The van der Waals surface area contributed by atoms with Crippen LogP contribution in [0.3, 0.4) is 0 Å². The highest BCUT2D eigenvalue weighted by atomic mass is 19.1. The van der Waals surface area contributed by atoms with Gasteiger partial charge in [0, 0.05) is 30.8 Å². The largest absolute Gasteiger partial charge is 0.338 e. The average Bonchev–Trinajstić information content (AvgIpc) is 2.70. The molecule has 2 amide bonds. The smallest absolute Gasteiger partial charge is 0.319 e. The standard InChI is InChI=1S/C21H20F2N4O2/c1-14-3-5-15(6-4-14)18-9-10-20(28)27(26-18)12-2-11-24-21(29)25-19-13-16(22)7-8-17(19)23/h3-10,13H,2,11-12H2,1H3,(H2,24,25,29). The molecular formula is C21H20F2N4O2. The number of carbonyl (C=O) groups is 1. The molecule has 0 fully saturated rings. The number of urea groups is 1. The highest BCUT2D eigenvalue weighted by Crippen LogP contribution is 2.16. The van der Waals surface area contributed by atoms with E-state index in [-0.39, 0.29) is 17.8 Å². The Morgan fingerprint density at radius 3 is 2.59 bits per heavy atom. The van der Waals surface area contributed by atoms with Crippen LogP contribution in [0, 0.1) is 18.6 Å². The number of halogens is 2. The lowest BCUT2D eigenvalue weighted by atomic mass is 10.1. The topological polar surface area (TPSA) is 76.0 Å². The number of nitrogens with zero attached hydrogens (tertiary/aromatic N) is 2. The molecule has 150 valence electrons. The lowest BCUT2D eigenvalue weighted by molar-refractivity contribution is 0.251. The van der Waals surface area contributed by atoms with Crippen molar-refractivity contribution in [2.45, 2.75) is 19.9 Å². The van der Waals surface area contributed by atoms with E-state index >= 15 is 0 Å². The number of benzene rings is 2. The highest BCUT2D eigenvalue weighted by molar-refractivity contribution is 5.89. The molecule has 1 aromatic heterocycles. The van der Waals surface area contributed by atoms with Gasteiger partial charge in [-0.1, -0.05) is 29.8 Å². The van der Waals surface area contributed by atoms with Gasteiger partial charge in [-0.25, -0.2) is 18.3 Å². The van der Waals surface area contributed by atoms with Gasteiger partial charge in [0.1, 0.15) is 11.6 Å². The summed E-state index contributed by atoms with van der Waals surface area (Å²) >= 11 is 0. The number of aromatic nitrogens is 2. The Morgan fingerprint density at radius 1 is 1.07 bits per heavy atom. The average molecular weight is 398 g/mol. The predicted molar refractivity (Wildman–Crippen MR) is 107 cm³/mol. The zero-order chi connectivity index (χ0) is 20.8. The summed E-state index contributed by atoms with van der Waals surface area (Å²) in [4.78, 5) is 23.8. The summed E-state index contributed by atoms with van der Waals surface area (Å²) in [5.41, 5.74) is 2.22. The van der Waals surface area contributed by atoms with Crippen molar-refractivity contribution in [1.29, 1.82) is 0 Å². The van der Waals surface area contributed by atoms with Crippen molar-refractivity contribution in [2.75, 3.05) is 11.9 Å². The van der Waals surface area contributed by atoms with Crippen LogP contribution in [0.5, 0.6) is 0 Å².